The molecule has 0 N–H and O–H groups in total. The summed E-state index contributed by atoms with van der Waals surface area (Å²) < 4.78 is 12.1. The Morgan fingerprint density at radius 2 is 2.00 bits per heavy atom. The van der Waals surface area contributed by atoms with Crippen LogP contribution in [0.15, 0.2) is 0 Å². The summed E-state index contributed by atoms with van der Waals surface area (Å²) in [4.78, 5) is 0. The fraction of sp³-hybridized carbons (Fsp3) is 1.00. The SMILES string of the molecule is CCN(F)C(C)C. The zero-order valence-electron chi connectivity index (χ0n) is 5.11. The van der Waals surface area contributed by atoms with E-state index in [0.717, 1.165) is 5.12 Å². The molecule has 0 aliphatic rings. The average molecular weight is 105 g/mol. The van der Waals surface area contributed by atoms with Crippen LogP contribution in [-0.2, 0) is 0 Å². The van der Waals surface area contributed by atoms with Crippen molar-refractivity contribution in [1.29, 1.82) is 0 Å². The fourth-order valence-electron chi connectivity index (χ4n) is 0.365. The lowest BCUT2D eigenvalue weighted by Crippen LogP contribution is -2.20. The number of hydrogen-bond acceptors (Lipinski definition) is 1. The summed E-state index contributed by atoms with van der Waals surface area (Å²) in [6, 6.07) is 0.0324. The summed E-state index contributed by atoms with van der Waals surface area (Å²) in [6.07, 6.45) is 0. The Bertz CT molecular complexity index is 45.3. The normalized spacial score (nSPS) is 11.1. The van der Waals surface area contributed by atoms with E-state index < -0.39 is 0 Å². The third-order valence-corrected chi connectivity index (χ3v) is 0.862. The van der Waals surface area contributed by atoms with Gasteiger partial charge in [0.2, 0.25) is 0 Å². The average Bonchev–Trinajstić information content (AvgIpc) is 1.65. The molecule has 0 aromatic carbocycles. The molecule has 0 fully saturated rings. The molecule has 0 aromatic heterocycles. The van der Waals surface area contributed by atoms with E-state index >= 15 is 0 Å². The van der Waals surface area contributed by atoms with Gasteiger partial charge in [-0.1, -0.05) is 0 Å². The van der Waals surface area contributed by atoms with E-state index in [-0.39, 0.29) is 6.04 Å². The lowest BCUT2D eigenvalue weighted by atomic mass is 10.4. The molecule has 0 spiro atoms. The smallest absolute Gasteiger partial charge is 0.0345 e. The van der Waals surface area contributed by atoms with Gasteiger partial charge >= 0.3 is 0 Å². The topological polar surface area (TPSA) is 3.24 Å². The van der Waals surface area contributed by atoms with Crippen LogP contribution in [0, 0.1) is 0 Å². The molecule has 0 rings (SSSR count). The lowest BCUT2D eigenvalue weighted by molar-refractivity contribution is -0.00172. The van der Waals surface area contributed by atoms with Crippen LogP contribution in [0.3, 0.4) is 0 Å². The monoisotopic (exact) mass is 105 g/mol. The molecule has 44 valence electrons. The minimum absolute atomic E-state index is 0.0324. The summed E-state index contributed by atoms with van der Waals surface area (Å²) in [5, 5.41) is 0.792. The van der Waals surface area contributed by atoms with Crippen LogP contribution >= 0.6 is 0 Å². The highest BCUT2D eigenvalue weighted by Gasteiger charge is 2.01. The van der Waals surface area contributed by atoms with Crippen LogP contribution < -0.4 is 0 Å². The summed E-state index contributed by atoms with van der Waals surface area (Å²) >= 11 is 0. The van der Waals surface area contributed by atoms with Gasteiger partial charge in [0.05, 0.1) is 0 Å². The largest absolute Gasteiger partial charge is 0.144 e. The Morgan fingerprint density at radius 1 is 1.57 bits per heavy atom. The van der Waals surface area contributed by atoms with E-state index in [0.29, 0.717) is 6.54 Å². The lowest BCUT2D eigenvalue weighted by Gasteiger charge is -2.11. The maximum atomic E-state index is 12.1. The molecule has 0 aliphatic carbocycles. The maximum Gasteiger partial charge on any atom is 0.0345 e. The number of nitrogens with zero attached hydrogens (tertiary/aromatic N) is 1. The minimum atomic E-state index is 0.0324. The number of halogens is 1. The predicted octanol–water partition coefficient (Wildman–Crippen LogP) is 1.60. The Morgan fingerprint density at radius 3 is 2.00 bits per heavy atom. The highest BCUT2D eigenvalue weighted by Crippen LogP contribution is 1.94. The minimum Gasteiger partial charge on any atom is -0.144 e. The van der Waals surface area contributed by atoms with Gasteiger partial charge in [-0.2, -0.15) is 0 Å². The molecule has 0 radical (unpaired) electrons. The summed E-state index contributed by atoms with van der Waals surface area (Å²) in [5.41, 5.74) is 0. The zero-order chi connectivity index (χ0) is 5.86. The van der Waals surface area contributed by atoms with Crippen molar-refractivity contribution in [2.75, 3.05) is 6.54 Å². The van der Waals surface area contributed by atoms with E-state index in [2.05, 4.69) is 0 Å². The molecule has 0 unspecified atom stereocenters. The van der Waals surface area contributed by atoms with Gasteiger partial charge in [0.1, 0.15) is 0 Å². The molecule has 0 bridgehead atoms. The summed E-state index contributed by atoms with van der Waals surface area (Å²) in [7, 11) is 0. The molecular weight excluding hydrogens is 93.1 g/mol. The fourth-order valence-corrected chi connectivity index (χ4v) is 0.365. The van der Waals surface area contributed by atoms with Crippen LogP contribution in [0.25, 0.3) is 0 Å². The number of hydrogen-bond donors (Lipinski definition) is 0. The molecule has 0 amide bonds. The first-order valence-corrected chi connectivity index (χ1v) is 2.61. The summed E-state index contributed by atoms with van der Waals surface area (Å²) in [6.45, 7) is 5.92. The van der Waals surface area contributed by atoms with Gasteiger partial charge in [0.15, 0.2) is 0 Å². The van der Waals surface area contributed by atoms with E-state index in [1.54, 1.807) is 6.92 Å². The second kappa shape index (κ2) is 2.97. The van der Waals surface area contributed by atoms with Crippen LogP contribution in [0.2, 0.25) is 0 Å². The molecule has 2 heteroatoms. The van der Waals surface area contributed by atoms with E-state index in [9.17, 15) is 4.48 Å². The highest BCUT2D eigenvalue weighted by molar-refractivity contribution is 4.45. The van der Waals surface area contributed by atoms with Gasteiger partial charge < -0.3 is 0 Å². The van der Waals surface area contributed by atoms with Gasteiger partial charge in [0, 0.05) is 12.6 Å². The Kier molecular flexibility index (Phi) is 2.92. The standard InChI is InChI=1S/C5H12FN/c1-4-7(6)5(2)3/h5H,4H2,1-3H3. The van der Waals surface area contributed by atoms with Gasteiger partial charge in [-0.25, -0.2) is 0 Å². The van der Waals surface area contributed by atoms with Gasteiger partial charge in [0.25, 0.3) is 0 Å². The quantitative estimate of drug-likeness (QED) is 0.482. The first kappa shape index (κ1) is 6.89. The Balaban J connectivity index is 3.14. The molecule has 0 heterocycles. The van der Waals surface area contributed by atoms with E-state index in [1.165, 1.54) is 0 Å². The maximum absolute atomic E-state index is 12.1. The van der Waals surface area contributed by atoms with Gasteiger partial charge in [-0.15, -0.1) is 9.60 Å². The van der Waals surface area contributed by atoms with Crippen molar-refractivity contribution in [2.24, 2.45) is 0 Å². The molecule has 0 aromatic rings. The van der Waals surface area contributed by atoms with Crippen molar-refractivity contribution in [2.45, 2.75) is 26.8 Å². The third-order valence-electron chi connectivity index (χ3n) is 0.862. The second-order valence-corrected chi connectivity index (χ2v) is 1.81. The predicted molar refractivity (Wildman–Crippen MR) is 28.6 cm³/mol. The zero-order valence-corrected chi connectivity index (χ0v) is 5.11. The Labute approximate surface area is 44.1 Å². The Hall–Kier alpha value is -0.110. The van der Waals surface area contributed by atoms with Crippen LogP contribution in [0.4, 0.5) is 4.48 Å². The first-order valence-electron chi connectivity index (χ1n) is 2.61. The van der Waals surface area contributed by atoms with Gasteiger partial charge in [-0.05, 0) is 20.8 Å². The van der Waals surface area contributed by atoms with Crippen LogP contribution in [0.5, 0.6) is 0 Å². The van der Waals surface area contributed by atoms with Crippen molar-refractivity contribution in [3.63, 3.8) is 0 Å². The molecule has 7 heavy (non-hydrogen) atoms. The summed E-state index contributed by atoms with van der Waals surface area (Å²) in [5.74, 6) is 0. The van der Waals surface area contributed by atoms with Crippen molar-refractivity contribution in [3.05, 3.63) is 0 Å². The van der Waals surface area contributed by atoms with Crippen LogP contribution in [-0.4, -0.2) is 17.7 Å². The number of rotatable bonds is 2. The third kappa shape index (κ3) is 2.57. The van der Waals surface area contributed by atoms with Gasteiger partial charge in [-0.3, -0.25) is 0 Å². The van der Waals surface area contributed by atoms with E-state index in [1.807, 2.05) is 13.8 Å². The second-order valence-electron chi connectivity index (χ2n) is 1.81. The molecule has 0 aliphatic heterocycles. The molecule has 1 nitrogen and oxygen atoms in total. The molecule has 0 saturated carbocycles. The molecular formula is C5H12FN. The highest BCUT2D eigenvalue weighted by atomic mass is 19.2. The van der Waals surface area contributed by atoms with Crippen molar-refractivity contribution in [3.8, 4) is 0 Å². The van der Waals surface area contributed by atoms with Crippen molar-refractivity contribution < 1.29 is 4.48 Å². The van der Waals surface area contributed by atoms with Crippen molar-refractivity contribution in [1.82, 2.24) is 5.12 Å². The van der Waals surface area contributed by atoms with E-state index in [4.69, 9.17) is 0 Å². The first-order chi connectivity index (χ1) is 3.18. The van der Waals surface area contributed by atoms with Crippen molar-refractivity contribution >= 4 is 0 Å². The van der Waals surface area contributed by atoms with Crippen LogP contribution in [0.1, 0.15) is 20.8 Å². The molecule has 0 saturated heterocycles. The molecule has 0 atom stereocenters.